The van der Waals surface area contributed by atoms with Gasteiger partial charge in [-0.1, -0.05) is 6.07 Å². The molecule has 0 radical (unpaired) electrons. The van der Waals surface area contributed by atoms with Gasteiger partial charge in [-0.3, -0.25) is 0 Å². The first kappa shape index (κ1) is 19.8. The number of benzene rings is 2. The molecule has 5 rings (SSSR count). The molecule has 7 heteroatoms. The molecule has 5 N–H and O–H groups in total. The van der Waals surface area contributed by atoms with Crippen molar-refractivity contribution < 1.29 is 9.52 Å². The van der Waals surface area contributed by atoms with Crippen molar-refractivity contribution in [2.75, 3.05) is 24.5 Å². The van der Waals surface area contributed by atoms with Crippen molar-refractivity contribution in [1.82, 2.24) is 15.3 Å². The van der Waals surface area contributed by atoms with E-state index in [4.69, 9.17) is 10.2 Å². The molecule has 3 heterocycles. The van der Waals surface area contributed by atoms with Gasteiger partial charge in [0.1, 0.15) is 11.9 Å². The number of aromatic nitrogens is 2. The lowest BCUT2D eigenvalue weighted by molar-refractivity contribution is 0.182. The Morgan fingerprint density at radius 3 is 2.71 bits per heavy atom. The summed E-state index contributed by atoms with van der Waals surface area (Å²) in [6.45, 7) is 7.27. The number of aliphatic hydroxyl groups excluding tert-OH is 1. The molecule has 2 aromatic carbocycles. The Balaban J connectivity index is 1.51. The second kappa shape index (κ2) is 7.53. The summed E-state index contributed by atoms with van der Waals surface area (Å²) in [6, 6.07) is 16.0. The molecule has 0 spiro atoms. The van der Waals surface area contributed by atoms with E-state index >= 15 is 0 Å². The average Bonchev–Trinajstić information content (AvgIpc) is 3.40. The molecule has 0 saturated carbocycles. The number of fused-ring (bicyclic) bond motifs is 1. The molecular formula is C24H27N5O2. The van der Waals surface area contributed by atoms with E-state index in [1.807, 2.05) is 42.6 Å². The molecule has 7 nitrogen and oxygen atoms in total. The van der Waals surface area contributed by atoms with Crippen LogP contribution in [0.2, 0.25) is 0 Å². The smallest absolute Gasteiger partial charge is 0.227 e. The first-order chi connectivity index (χ1) is 14.9. The Hall–Kier alpha value is -3.13. The number of nitrogens with two attached hydrogens (primary N) is 1. The molecule has 4 aromatic rings. The molecule has 0 bridgehead atoms. The summed E-state index contributed by atoms with van der Waals surface area (Å²) in [5, 5.41) is 14.7. The van der Waals surface area contributed by atoms with Gasteiger partial charge in [0, 0.05) is 59.1 Å². The van der Waals surface area contributed by atoms with Gasteiger partial charge in [-0.2, -0.15) is 0 Å². The van der Waals surface area contributed by atoms with Crippen molar-refractivity contribution in [2.45, 2.75) is 25.6 Å². The van der Waals surface area contributed by atoms with E-state index in [-0.39, 0.29) is 5.54 Å². The SMILES string of the molecule is CC1(C)CN(c2ccc(-c3oc(-c4cccc5[nH]ccc45)nc3C(N)O)cc2)CCN1. The molecule has 160 valence electrons. The second-order valence-corrected chi connectivity index (χ2v) is 8.70. The maximum atomic E-state index is 10.1. The summed E-state index contributed by atoms with van der Waals surface area (Å²) >= 11 is 0. The zero-order valence-corrected chi connectivity index (χ0v) is 17.7. The Morgan fingerprint density at radius 1 is 1.16 bits per heavy atom. The molecule has 2 aromatic heterocycles. The Morgan fingerprint density at radius 2 is 1.97 bits per heavy atom. The lowest BCUT2D eigenvalue weighted by atomic mass is 10.0. The maximum Gasteiger partial charge on any atom is 0.227 e. The standard InChI is InChI=1S/C24H27N5O2/c1-24(2)14-29(13-12-27-24)16-8-6-15(7-9-16)21-20(22(25)30)28-23(31-21)18-4-3-5-19-17(18)10-11-26-19/h3-11,22,26-27,30H,12-14,25H2,1-2H3. The molecule has 0 amide bonds. The summed E-state index contributed by atoms with van der Waals surface area (Å²) < 4.78 is 6.16. The Kier molecular flexibility index (Phi) is 4.81. The monoisotopic (exact) mass is 417 g/mol. The third-order valence-corrected chi connectivity index (χ3v) is 5.82. The number of piperazine rings is 1. The third kappa shape index (κ3) is 3.72. The van der Waals surface area contributed by atoms with Crippen LogP contribution in [0.3, 0.4) is 0 Å². The summed E-state index contributed by atoms with van der Waals surface area (Å²) in [4.78, 5) is 10.1. The molecule has 0 aliphatic carbocycles. The number of aliphatic hydroxyl groups is 1. The van der Waals surface area contributed by atoms with Crippen molar-refractivity contribution in [2.24, 2.45) is 5.73 Å². The van der Waals surface area contributed by atoms with E-state index in [0.29, 0.717) is 17.3 Å². The van der Waals surface area contributed by atoms with Gasteiger partial charge in [-0.05, 0) is 56.3 Å². The number of H-pyrrole nitrogens is 1. The van der Waals surface area contributed by atoms with Crippen LogP contribution in [0.25, 0.3) is 33.7 Å². The average molecular weight is 418 g/mol. The van der Waals surface area contributed by atoms with E-state index in [2.05, 4.69) is 46.2 Å². The zero-order valence-electron chi connectivity index (χ0n) is 17.7. The van der Waals surface area contributed by atoms with E-state index in [9.17, 15) is 5.11 Å². The van der Waals surface area contributed by atoms with Gasteiger partial charge in [0.25, 0.3) is 0 Å². The van der Waals surface area contributed by atoms with Gasteiger partial charge >= 0.3 is 0 Å². The van der Waals surface area contributed by atoms with Crippen molar-refractivity contribution >= 4 is 16.6 Å². The number of aromatic amines is 1. The maximum absolute atomic E-state index is 10.1. The van der Waals surface area contributed by atoms with Crippen LogP contribution in [0.15, 0.2) is 59.1 Å². The number of rotatable bonds is 4. The van der Waals surface area contributed by atoms with Crippen LogP contribution in [-0.4, -0.2) is 40.2 Å². The van der Waals surface area contributed by atoms with Crippen LogP contribution in [0.5, 0.6) is 0 Å². The number of nitrogens with one attached hydrogen (secondary N) is 2. The predicted octanol–water partition coefficient (Wildman–Crippen LogP) is 3.63. The number of anilines is 1. The fourth-order valence-corrected chi connectivity index (χ4v) is 4.31. The quantitative estimate of drug-likeness (QED) is 0.378. The van der Waals surface area contributed by atoms with Crippen LogP contribution in [0.4, 0.5) is 5.69 Å². The topological polar surface area (TPSA) is 103 Å². The third-order valence-electron chi connectivity index (χ3n) is 5.82. The first-order valence-corrected chi connectivity index (χ1v) is 10.5. The van der Waals surface area contributed by atoms with Crippen LogP contribution >= 0.6 is 0 Å². The van der Waals surface area contributed by atoms with E-state index < -0.39 is 6.23 Å². The van der Waals surface area contributed by atoms with Crippen molar-refractivity contribution in [3.8, 4) is 22.8 Å². The van der Waals surface area contributed by atoms with Crippen LogP contribution in [0, 0.1) is 0 Å². The lowest BCUT2D eigenvalue weighted by Crippen LogP contribution is -2.57. The van der Waals surface area contributed by atoms with Crippen molar-refractivity contribution in [3.63, 3.8) is 0 Å². The van der Waals surface area contributed by atoms with Crippen molar-refractivity contribution in [3.05, 3.63) is 60.4 Å². The van der Waals surface area contributed by atoms with Gasteiger partial charge in [-0.15, -0.1) is 0 Å². The van der Waals surface area contributed by atoms with E-state index in [1.54, 1.807) is 0 Å². The minimum absolute atomic E-state index is 0.0762. The summed E-state index contributed by atoms with van der Waals surface area (Å²) in [7, 11) is 0. The highest BCUT2D eigenvalue weighted by atomic mass is 16.4. The molecule has 1 saturated heterocycles. The zero-order chi connectivity index (χ0) is 21.6. The van der Waals surface area contributed by atoms with Gasteiger partial charge in [0.2, 0.25) is 5.89 Å². The summed E-state index contributed by atoms with van der Waals surface area (Å²) in [6.07, 6.45) is 0.652. The lowest BCUT2D eigenvalue weighted by Gasteiger charge is -2.40. The highest BCUT2D eigenvalue weighted by Gasteiger charge is 2.26. The molecule has 1 fully saturated rings. The van der Waals surface area contributed by atoms with Gasteiger partial charge < -0.3 is 30.5 Å². The summed E-state index contributed by atoms with van der Waals surface area (Å²) in [5.74, 6) is 0.928. The fraction of sp³-hybridized carbons (Fsp3) is 0.292. The Labute approximate surface area is 180 Å². The number of nitrogens with zero attached hydrogens (tertiary/aromatic N) is 2. The van der Waals surface area contributed by atoms with E-state index in [1.165, 1.54) is 0 Å². The predicted molar refractivity (Wildman–Crippen MR) is 123 cm³/mol. The molecule has 31 heavy (non-hydrogen) atoms. The normalized spacial score (nSPS) is 17.2. The minimum Gasteiger partial charge on any atom is -0.436 e. The minimum atomic E-state index is -1.23. The van der Waals surface area contributed by atoms with Crippen molar-refractivity contribution in [1.29, 1.82) is 0 Å². The number of oxazole rings is 1. The number of hydrogen-bond acceptors (Lipinski definition) is 6. The van der Waals surface area contributed by atoms with Crippen LogP contribution in [0.1, 0.15) is 25.8 Å². The Bertz CT molecular complexity index is 1210. The van der Waals surface area contributed by atoms with E-state index in [0.717, 1.165) is 47.4 Å². The highest BCUT2D eigenvalue weighted by molar-refractivity contribution is 5.93. The molecule has 1 unspecified atom stereocenters. The van der Waals surface area contributed by atoms with Crippen LogP contribution < -0.4 is 16.0 Å². The second-order valence-electron chi connectivity index (χ2n) is 8.70. The van der Waals surface area contributed by atoms with Crippen LogP contribution in [-0.2, 0) is 0 Å². The molecular weight excluding hydrogens is 390 g/mol. The molecule has 1 aliphatic heterocycles. The molecule has 1 aliphatic rings. The summed E-state index contributed by atoms with van der Waals surface area (Å²) in [5.41, 5.74) is 10.1. The molecule has 1 atom stereocenters. The van der Waals surface area contributed by atoms with Gasteiger partial charge in [0.05, 0.1) is 0 Å². The highest BCUT2D eigenvalue weighted by Crippen LogP contribution is 2.35. The number of hydrogen-bond donors (Lipinski definition) is 4. The largest absolute Gasteiger partial charge is 0.436 e. The first-order valence-electron chi connectivity index (χ1n) is 10.5. The fourth-order valence-electron chi connectivity index (χ4n) is 4.31. The van der Waals surface area contributed by atoms with Gasteiger partial charge in [0.15, 0.2) is 5.76 Å². The van der Waals surface area contributed by atoms with Gasteiger partial charge in [-0.25, -0.2) is 4.98 Å².